The van der Waals surface area contributed by atoms with Crippen molar-refractivity contribution in [3.8, 4) is 0 Å². The van der Waals surface area contributed by atoms with Crippen molar-refractivity contribution in [1.29, 1.82) is 0 Å². The first kappa shape index (κ1) is 16.9. The quantitative estimate of drug-likeness (QED) is 0.925. The van der Waals surface area contributed by atoms with Crippen molar-refractivity contribution in [2.24, 2.45) is 0 Å². The zero-order valence-corrected chi connectivity index (χ0v) is 14.0. The van der Waals surface area contributed by atoms with E-state index < -0.39 is 0 Å². The lowest BCUT2D eigenvalue weighted by atomic mass is 9.92. The lowest BCUT2D eigenvalue weighted by molar-refractivity contribution is -0.118. The monoisotopic (exact) mass is 305 g/mol. The van der Waals surface area contributed by atoms with Crippen molar-refractivity contribution in [3.05, 3.63) is 24.0 Å². The van der Waals surface area contributed by atoms with Crippen molar-refractivity contribution in [1.82, 2.24) is 9.88 Å². The zero-order valence-electron chi connectivity index (χ0n) is 14.0. The minimum atomic E-state index is -0.366. The molecule has 5 heteroatoms. The van der Waals surface area contributed by atoms with E-state index in [1.807, 2.05) is 17.0 Å². The number of rotatable bonds is 3. The second-order valence-corrected chi connectivity index (χ2v) is 7.10. The van der Waals surface area contributed by atoms with Crippen LogP contribution in [0.25, 0.3) is 0 Å². The van der Waals surface area contributed by atoms with Crippen LogP contribution in [0.1, 0.15) is 39.8 Å². The number of aliphatic hydroxyl groups excluding tert-OH is 1. The number of carbonyl (C=O) groups excluding carboxylic acids is 1. The number of carbonyl (C=O) groups is 1. The lowest BCUT2D eigenvalue weighted by Crippen LogP contribution is -2.35. The molecule has 1 aromatic heterocycles. The summed E-state index contributed by atoms with van der Waals surface area (Å²) in [4.78, 5) is 20.8. The molecule has 22 heavy (non-hydrogen) atoms. The molecule has 0 spiro atoms. The Hall–Kier alpha value is -1.46. The Morgan fingerprint density at radius 2 is 2.00 bits per heavy atom. The number of pyridine rings is 1. The Kier molecular flexibility index (Phi) is 5.19. The van der Waals surface area contributed by atoms with Crippen LogP contribution >= 0.6 is 0 Å². The molecular weight excluding hydrogens is 278 g/mol. The first-order chi connectivity index (χ1) is 10.3. The van der Waals surface area contributed by atoms with Gasteiger partial charge in [-0.15, -0.1) is 0 Å². The van der Waals surface area contributed by atoms with Gasteiger partial charge in [-0.05, 0) is 19.1 Å². The minimum absolute atomic E-state index is 0.00932. The fourth-order valence-corrected chi connectivity index (χ4v) is 2.69. The number of amides is 1. The van der Waals surface area contributed by atoms with Gasteiger partial charge in [-0.2, -0.15) is 0 Å². The average molecular weight is 305 g/mol. The highest BCUT2D eigenvalue weighted by atomic mass is 16.3. The van der Waals surface area contributed by atoms with Gasteiger partial charge in [0.1, 0.15) is 0 Å². The topological polar surface area (TPSA) is 56.7 Å². The predicted molar refractivity (Wildman–Crippen MR) is 88.0 cm³/mol. The van der Waals surface area contributed by atoms with Crippen LogP contribution in [0.15, 0.2) is 18.3 Å². The molecule has 0 bridgehead atoms. The number of anilines is 1. The third-order valence-corrected chi connectivity index (χ3v) is 3.93. The summed E-state index contributed by atoms with van der Waals surface area (Å²) in [5.74, 6) is 0.124. The first-order valence-electron chi connectivity index (χ1n) is 7.94. The van der Waals surface area contributed by atoms with Gasteiger partial charge in [0, 0.05) is 43.7 Å². The maximum absolute atomic E-state index is 12.3. The largest absolute Gasteiger partial charge is 0.392 e. The number of aromatic nitrogens is 1. The molecule has 122 valence electrons. The molecule has 1 aliphatic rings. The fraction of sp³-hybridized carbons (Fsp3) is 0.647. The van der Waals surface area contributed by atoms with Crippen LogP contribution in [-0.4, -0.2) is 53.2 Å². The SMILES string of the molecule is C[C@@H](O)CN1CCC(=O)N(c2ccc(C(C)(C)C)nc2)CC1. The molecule has 1 atom stereocenters. The molecule has 1 saturated heterocycles. The van der Waals surface area contributed by atoms with Gasteiger partial charge in [-0.1, -0.05) is 20.8 Å². The van der Waals surface area contributed by atoms with Crippen LogP contribution in [-0.2, 0) is 10.2 Å². The molecule has 5 nitrogen and oxygen atoms in total. The molecule has 0 aromatic carbocycles. The van der Waals surface area contributed by atoms with Crippen molar-refractivity contribution >= 4 is 11.6 Å². The maximum Gasteiger partial charge on any atom is 0.228 e. The number of hydrogen-bond acceptors (Lipinski definition) is 4. The summed E-state index contributed by atoms with van der Waals surface area (Å²) in [6.45, 7) is 10.9. The fourth-order valence-electron chi connectivity index (χ4n) is 2.69. The van der Waals surface area contributed by atoms with Crippen molar-refractivity contribution in [3.63, 3.8) is 0 Å². The number of nitrogens with zero attached hydrogens (tertiary/aromatic N) is 3. The maximum atomic E-state index is 12.3. The van der Waals surface area contributed by atoms with Crippen LogP contribution in [0.4, 0.5) is 5.69 Å². The summed E-state index contributed by atoms with van der Waals surface area (Å²) >= 11 is 0. The summed E-state index contributed by atoms with van der Waals surface area (Å²) in [5.41, 5.74) is 1.89. The summed E-state index contributed by atoms with van der Waals surface area (Å²) in [6, 6.07) is 3.98. The highest BCUT2D eigenvalue weighted by Crippen LogP contribution is 2.23. The number of aliphatic hydroxyl groups is 1. The van der Waals surface area contributed by atoms with Crippen LogP contribution < -0.4 is 4.90 Å². The van der Waals surface area contributed by atoms with E-state index in [0.717, 1.165) is 17.9 Å². The highest BCUT2D eigenvalue weighted by molar-refractivity contribution is 5.93. The molecule has 1 aromatic rings. The van der Waals surface area contributed by atoms with E-state index in [4.69, 9.17) is 0 Å². The molecule has 1 amide bonds. The van der Waals surface area contributed by atoms with Crippen molar-refractivity contribution in [2.45, 2.75) is 45.6 Å². The Morgan fingerprint density at radius 1 is 1.27 bits per heavy atom. The lowest BCUT2D eigenvalue weighted by Gasteiger charge is -2.24. The van der Waals surface area contributed by atoms with Gasteiger partial charge in [0.25, 0.3) is 0 Å². The second-order valence-electron chi connectivity index (χ2n) is 7.10. The van der Waals surface area contributed by atoms with Gasteiger partial charge < -0.3 is 10.0 Å². The van der Waals surface area contributed by atoms with Gasteiger partial charge in [0.05, 0.1) is 18.0 Å². The second kappa shape index (κ2) is 6.75. The standard InChI is InChI=1S/C17H27N3O2/c1-13(21)12-19-8-7-16(22)20(10-9-19)14-5-6-15(18-11-14)17(2,3)4/h5-6,11,13,21H,7-10,12H2,1-4H3/t13-/m1/s1. The van der Waals surface area contributed by atoms with Crippen molar-refractivity contribution in [2.75, 3.05) is 31.1 Å². The smallest absolute Gasteiger partial charge is 0.228 e. The van der Waals surface area contributed by atoms with Crippen molar-refractivity contribution < 1.29 is 9.90 Å². The Morgan fingerprint density at radius 3 is 2.55 bits per heavy atom. The van der Waals surface area contributed by atoms with E-state index in [0.29, 0.717) is 26.1 Å². The van der Waals surface area contributed by atoms with Crippen LogP contribution in [0.2, 0.25) is 0 Å². The molecule has 2 heterocycles. The van der Waals surface area contributed by atoms with Gasteiger partial charge in [-0.25, -0.2) is 0 Å². The Balaban J connectivity index is 2.09. The number of hydrogen-bond donors (Lipinski definition) is 1. The Bertz CT molecular complexity index is 506. The average Bonchev–Trinajstić information content (AvgIpc) is 2.60. The van der Waals surface area contributed by atoms with E-state index in [2.05, 4.69) is 30.7 Å². The molecule has 0 saturated carbocycles. The first-order valence-corrected chi connectivity index (χ1v) is 7.94. The minimum Gasteiger partial charge on any atom is -0.392 e. The van der Waals surface area contributed by atoms with Crippen LogP contribution in [0.5, 0.6) is 0 Å². The van der Waals surface area contributed by atoms with E-state index in [9.17, 15) is 9.90 Å². The molecule has 0 radical (unpaired) electrons. The van der Waals surface area contributed by atoms with Gasteiger partial charge in [-0.3, -0.25) is 14.7 Å². The third-order valence-electron chi connectivity index (χ3n) is 3.93. The van der Waals surface area contributed by atoms with E-state index in [-0.39, 0.29) is 17.4 Å². The predicted octanol–water partition coefficient (Wildman–Crippen LogP) is 1.80. The summed E-state index contributed by atoms with van der Waals surface area (Å²) < 4.78 is 0. The summed E-state index contributed by atoms with van der Waals surface area (Å²) in [6.07, 6.45) is 1.91. The summed E-state index contributed by atoms with van der Waals surface area (Å²) in [7, 11) is 0. The Labute approximate surface area is 132 Å². The molecule has 1 aliphatic heterocycles. The normalized spacial score (nSPS) is 19.1. The van der Waals surface area contributed by atoms with E-state index in [1.54, 1.807) is 13.1 Å². The molecular formula is C17H27N3O2. The number of β-amino-alcohol motifs (C(OH)–C–C–N with tert-alkyl or cyclic N) is 1. The van der Waals surface area contributed by atoms with Gasteiger partial charge in [0.15, 0.2) is 0 Å². The van der Waals surface area contributed by atoms with Gasteiger partial charge >= 0.3 is 0 Å². The highest BCUT2D eigenvalue weighted by Gasteiger charge is 2.23. The zero-order chi connectivity index (χ0) is 16.3. The van der Waals surface area contributed by atoms with Crippen LogP contribution in [0, 0.1) is 0 Å². The molecule has 0 aliphatic carbocycles. The molecule has 1 N–H and O–H groups in total. The third kappa shape index (κ3) is 4.27. The molecule has 1 fully saturated rings. The molecule has 0 unspecified atom stereocenters. The molecule has 2 rings (SSSR count). The van der Waals surface area contributed by atoms with E-state index >= 15 is 0 Å². The van der Waals surface area contributed by atoms with E-state index in [1.165, 1.54) is 0 Å². The van der Waals surface area contributed by atoms with Gasteiger partial charge in [0.2, 0.25) is 5.91 Å². The van der Waals surface area contributed by atoms with Crippen LogP contribution in [0.3, 0.4) is 0 Å². The summed E-state index contributed by atoms with van der Waals surface area (Å²) in [5, 5.41) is 9.50.